The maximum absolute atomic E-state index is 14.9. The minimum absolute atomic E-state index is 0.120. The largest absolute Gasteiger partial charge is 0.394 e. The summed E-state index contributed by atoms with van der Waals surface area (Å²) in [6.07, 6.45) is 3.76. The predicted molar refractivity (Wildman–Crippen MR) is 176 cm³/mol. The zero-order chi connectivity index (χ0) is 32.1. The molecule has 3 heterocycles. The lowest BCUT2D eigenvalue weighted by molar-refractivity contribution is -0.148. The quantitative estimate of drug-likeness (QED) is 0.329. The van der Waals surface area contributed by atoms with Gasteiger partial charge in [0.15, 0.2) is 0 Å². The first-order chi connectivity index (χ1) is 21.6. The van der Waals surface area contributed by atoms with Gasteiger partial charge in [0.25, 0.3) is 5.91 Å². The van der Waals surface area contributed by atoms with Crippen LogP contribution >= 0.6 is 0 Å². The first-order valence-corrected chi connectivity index (χ1v) is 15.6. The van der Waals surface area contributed by atoms with Gasteiger partial charge in [0.1, 0.15) is 11.6 Å². The smallest absolute Gasteiger partial charge is 0.253 e. The summed E-state index contributed by atoms with van der Waals surface area (Å²) in [6, 6.07) is 21.3. The van der Waals surface area contributed by atoms with Crippen molar-refractivity contribution in [2.75, 3.05) is 29.5 Å². The van der Waals surface area contributed by atoms with Crippen molar-refractivity contribution >= 4 is 39.9 Å². The summed E-state index contributed by atoms with van der Waals surface area (Å²) in [5, 5.41) is 12.4. The molecule has 3 aliphatic heterocycles. The van der Waals surface area contributed by atoms with E-state index in [1.165, 1.54) is 4.90 Å². The summed E-state index contributed by atoms with van der Waals surface area (Å²) in [5.74, 6) is -2.76. The number of carbonyl (C=O) groups excluding carboxylic acids is 3. The average molecular weight is 608 g/mol. The Balaban J connectivity index is 1.47. The summed E-state index contributed by atoms with van der Waals surface area (Å²) in [4.78, 5) is 49.0. The third kappa shape index (κ3) is 4.61. The minimum Gasteiger partial charge on any atom is -0.394 e. The van der Waals surface area contributed by atoms with Crippen LogP contribution in [0.5, 0.6) is 0 Å². The second-order valence-electron chi connectivity index (χ2n) is 12.8. The van der Waals surface area contributed by atoms with Crippen molar-refractivity contribution in [3.8, 4) is 0 Å². The van der Waals surface area contributed by atoms with Gasteiger partial charge in [0.2, 0.25) is 11.8 Å². The highest BCUT2D eigenvalue weighted by atomic mass is 16.5. The molecule has 3 unspecified atom stereocenters. The summed E-state index contributed by atoms with van der Waals surface area (Å²) in [7, 11) is 0. The number of aliphatic hydroxyl groups is 1. The lowest BCUT2D eigenvalue weighted by Gasteiger charge is -2.39. The van der Waals surface area contributed by atoms with Crippen molar-refractivity contribution in [2.45, 2.75) is 50.5 Å². The maximum Gasteiger partial charge on any atom is 0.253 e. The second kappa shape index (κ2) is 11.6. The van der Waals surface area contributed by atoms with Crippen LogP contribution in [0.1, 0.15) is 27.2 Å². The molecule has 1 spiro atoms. The van der Waals surface area contributed by atoms with E-state index in [4.69, 9.17) is 4.74 Å². The van der Waals surface area contributed by atoms with Gasteiger partial charge >= 0.3 is 0 Å². The first kappa shape index (κ1) is 30.7. The fraction of sp³-hybridized carbons (Fsp3) is 0.378. The molecule has 0 radical (unpaired) electrons. The van der Waals surface area contributed by atoms with Crippen molar-refractivity contribution in [1.29, 1.82) is 0 Å². The fourth-order valence-electron chi connectivity index (χ4n) is 8.07. The first-order valence-electron chi connectivity index (χ1n) is 15.6. The van der Waals surface area contributed by atoms with Crippen LogP contribution in [0.4, 0.5) is 11.4 Å². The number of ether oxygens (including phenoxy) is 1. The highest BCUT2D eigenvalue weighted by Crippen LogP contribution is 2.66. The number of para-hydroxylation sites is 1. The molecule has 45 heavy (non-hydrogen) atoms. The zero-order valence-corrected chi connectivity index (χ0v) is 26.1. The maximum atomic E-state index is 14.9. The van der Waals surface area contributed by atoms with Crippen LogP contribution < -0.4 is 9.80 Å². The molecule has 0 saturated carbocycles. The van der Waals surface area contributed by atoms with Gasteiger partial charge in [-0.15, -0.1) is 13.2 Å². The van der Waals surface area contributed by atoms with Crippen LogP contribution in [-0.2, 0) is 19.1 Å². The van der Waals surface area contributed by atoms with Crippen molar-refractivity contribution in [3.63, 3.8) is 0 Å². The number of benzene rings is 3. The number of carbonyl (C=O) groups is 3. The molecule has 0 aromatic heterocycles. The number of fused-ring (bicyclic) bond motifs is 2. The molecule has 3 aliphatic rings. The van der Waals surface area contributed by atoms with Gasteiger partial charge in [-0.05, 0) is 61.2 Å². The van der Waals surface area contributed by atoms with Crippen molar-refractivity contribution in [3.05, 3.63) is 98.1 Å². The van der Waals surface area contributed by atoms with Gasteiger partial charge in [-0.2, -0.15) is 0 Å². The van der Waals surface area contributed by atoms with Crippen LogP contribution in [0.15, 0.2) is 98.1 Å². The number of hydrogen-bond donors (Lipinski definition) is 1. The van der Waals surface area contributed by atoms with Crippen molar-refractivity contribution in [1.82, 2.24) is 4.90 Å². The Kier molecular flexibility index (Phi) is 7.91. The molecule has 1 N–H and O–H groups in total. The number of nitrogens with zero attached hydrogens (tertiary/aromatic N) is 3. The zero-order valence-electron chi connectivity index (χ0n) is 26.1. The lowest BCUT2D eigenvalue weighted by atomic mass is 9.62. The third-order valence-electron chi connectivity index (χ3n) is 10.3. The van der Waals surface area contributed by atoms with Gasteiger partial charge in [-0.25, -0.2) is 0 Å². The number of anilines is 2. The van der Waals surface area contributed by atoms with Gasteiger partial charge in [-0.1, -0.05) is 67.6 Å². The Labute approximate surface area is 264 Å². The van der Waals surface area contributed by atoms with Crippen LogP contribution in [0.3, 0.4) is 0 Å². The normalized spacial score (nSPS) is 29.0. The average Bonchev–Trinajstić information content (AvgIpc) is 3.57. The van der Waals surface area contributed by atoms with E-state index in [9.17, 15) is 19.5 Å². The Morgan fingerprint density at radius 1 is 0.978 bits per heavy atom. The SMILES string of the molecule is C=CCN(C(=O)C1N([C@H](C)CO)C(=O)[C@@H]2[C@@H](C(=O)N(CC=C)c3ccccc3)[C@]3(C)OC12CC3C)c1ccc2ccccc2c1. The molecule has 3 aromatic carbocycles. The predicted octanol–water partition coefficient (Wildman–Crippen LogP) is 4.97. The van der Waals surface area contributed by atoms with E-state index in [1.807, 2.05) is 86.6 Å². The Morgan fingerprint density at radius 3 is 2.24 bits per heavy atom. The Morgan fingerprint density at radius 2 is 1.60 bits per heavy atom. The minimum atomic E-state index is -1.25. The molecule has 3 fully saturated rings. The number of amides is 3. The molecule has 6 rings (SSSR count). The molecule has 3 aromatic rings. The van der Waals surface area contributed by atoms with Crippen molar-refractivity contribution < 1.29 is 24.2 Å². The summed E-state index contributed by atoms with van der Waals surface area (Å²) < 4.78 is 6.95. The van der Waals surface area contributed by atoms with Crippen LogP contribution in [0.2, 0.25) is 0 Å². The Bertz CT molecular complexity index is 1660. The van der Waals surface area contributed by atoms with Crippen LogP contribution in [0.25, 0.3) is 10.8 Å². The van der Waals surface area contributed by atoms with E-state index in [0.29, 0.717) is 17.8 Å². The van der Waals surface area contributed by atoms with E-state index in [1.54, 1.807) is 28.9 Å². The second-order valence-corrected chi connectivity index (χ2v) is 12.8. The molecule has 0 aliphatic carbocycles. The lowest BCUT2D eigenvalue weighted by Crippen LogP contribution is -2.58. The highest BCUT2D eigenvalue weighted by Gasteiger charge is 2.80. The number of likely N-dealkylation sites (tertiary alicyclic amines) is 1. The van der Waals surface area contributed by atoms with Gasteiger partial charge < -0.3 is 24.5 Å². The number of hydrogen-bond acceptors (Lipinski definition) is 5. The molecule has 2 bridgehead atoms. The van der Waals surface area contributed by atoms with E-state index in [2.05, 4.69) is 13.2 Å². The van der Waals surface area contributed by atoms with E-state index < -0.39 is 35.1 Å². The monoisotopic (exact) mass is 607 g/mol. The van der Waals surface area contributed by atoms with E-state index >= 15 is 0 Å². The summed E-state index contributed by atoms with van der Waals surface area (Å²) in [6.45, 7) is 13.6. The molecular weight excluding hydrogens is 566 g/mol. The molecule has 3 saturated heterocycles. The fourth-order valence-corrected chi connectivity index (χ4v) is 8.07. The van der Waals surface area contributed by atoms with Crippen LogP contribution in [-0.4, -0.2) is 70.7 Å². The molecule has 234 valence electrons. The topological polar surface area (TPSA) is 90.4 Å². The molecule has 3 amide bonds. The highest BCUT2D eigenvalue weighted by molar-refractivity contribution is 6.07. The van der Waals surface area contributed by atoms with Gasteiger partial charge in [-0.3, -0.25) is 14.4 Å². The van der Waals surface area contributed by atoms with Gasteiger partial charge in [0.05, 0.1) is 30.1 Å². The third-order valence-corrected chi connectivity index (χ3v) is 10.3. The molecule has 8 nitrogen and oxygen atoms in total. The molecule has 8 heteroatoms. The molecule has 7 atom stereocenters. The number of aliphatic hydroxyl groups excluding tert-OH is 1. The number of rotatable bonds is 10. The van der Waals surface area contributed by atoms with Gasteiger partial charge in [0, 0.05) is 24.5 Å². The van der Waals surface area contributed by atoms with Crippen LogP contribution in [0, 0.1) is 17.8 Å². The van der Waals surface area contributed by atoms with Crippen molar-refractivity contribution in [2.24, 2.45) is 17.8 Å². The standard InChI is InChI=1S/C37H41N3O5/c1-6-19-38(28-15-9-8-10-16-28)33(42)30-31-34(43)40(25(4)23-41)32(37(31)22-24(3)36(30,5)45-37)35(44)39(20-7-2)29-18-17-26-13-11-12-14-27(26)21-29/h6-18,21,24-25,30-32,41H,1-2,19-20,22-23H2,3-5H3/t24?,25-,30+,31+,32?,36-,37?/m1/s1. The molecular formula is C37H41N3O5. The summed E-state index contributed by atoms with van der Waals surface area (Å²) in [5.41, 5.74) is -0.866. The van der Waals surface area contributed by atoms with E-state index in [-0.39, 0.29) is 43.3 Å². The Hall–Kier alpha value is -4.27. The summed E-state index contributed by atoms with van der Waals surface area (Å²) >= 11 is 0. The van der Waals surface area contributed by atoms with E-state index in [0.717, 1.165) is 10.8 Å².